The molecule has 0 radical (unpaired) electrons. The van der Waals surface area contributed by atoms with Crippen LogP contribution in [-0.4, -0.2) is 45.9 Å². The van der Waals surface area contributed by atoms with Crippen LogP contribution in [0.25, 0.3) is 0 Å². The van der Waals surface area contributed by atoms with Crippen LogP contribution in [0.15, 0.2) is 0 Å². The van der Waals surface area contributed by atoms with E-state index in [9.17, 15) is 0 Å². The molecular weight excluding hydrogens is 246 g/mol. The second-order valence-electron chi connectivity index (χ2n) is 4.77. The number of aliphatic hydroxyl groups excluding tert-OH is 1. The number of nitrogens with one attached hydrogen (secondary N) is 2. The van der Waals surface area contributed by atoms with Gasteiger partial charge in [-0.15, -0.1) is 0 Å². The maximum atomic E-state index is 9.13. The second kappa shape index (κ2) is 7.08. The first-order valence-corrected chi connectivity index (χ1v) is 6.44. The predicted molar refractivity (Wildman–Crippen MR) is 74.5 cm³/mol. The molecule has 3 N–H and O–H groups in total. The molecule has 7 nitrogen and oxygen atoms in total. The van der Waals surface area contributed by atoms with Gasteiger partial charge in [0.25, 0.3) is 0 Å². The Morgan fingerprint density at radius 3 is 2.26 bits per heavy atom. The molecule has 0 fully saturated rings. The topological polar surface area (TPSA) is 92.2 Å². The van der Waals surface area contributed by atoms with Crippen molar-refractivity contribution < 1.29 is 9.84 Å². The van der Waals surface area contributed by atoms with Crippen molar-refractivity contribution in [1.82, 2.24) is 15.0 Å². The average Bonchev–Trinajstić information content (AvgIpc) is 2.36. The van der Waals surface area contributed by atoms with E-state index in [1.807, 2.05) is 27.7 Å². The highest BCUT2D eigenvalue weighted by molar-refractivity contribution is 5.36. The predicted octanol–water partition coefficient (Wildman–Crippen LogP) is 1.13. The Labute approximate surface area is 113 Å². The van der Waals surface area contributed by atoms with E-state index in [1.165, 1.54) is 0 Å². The molecule has 1 aromatic heterocycles. The number of rotatable bonds is 7. The Morgan fingerprint density at radius 2 is 1.74 bits per heavy atom. The van der Waals surface area contributed by atoms with Crippen molar-refractivity contribution in [3.63, 3.8) is 0 Å². The Bertz CT molecular complexity index is 400. The number of nitrogens with zero attached hydrogens (tertiary/aromatic N) is 3. The number of hydrogen-bond donors (Lipinski definition) is 3. The Kier molecular flexibility index (Phi) is 5.75. The third-order valence-corrected chi connectivity index (χ3v) is 2.68. The highest BCUT2D eigenvalue weighted by atomic mass is 16.5. The van der Waals surface area contributed by atoms with Crippen molar-refractivity contribution in [1.29, 1.82) is 0 Å². The molecule has 0 saturated carbocycles. The summed E-state index contributed by atoms with van der Waals surface area (Å²) in [6.45, 7) is 7.84. The Hall–Kier alpha value is -1.63. The number of ether oxygens (including phenoxy) is 1. The van der Waals surface area contributed by atoms with Crippen LogP contribution in [-0.2, 0) is 0 Å². The van der Waals surface area contributed by atoms with Crippen LogP contribution in [0.3, 0.4) is 0 Å². The largest absolute Gasteiger partial charge is 0.461 e. The van der Waals surface area contributed by atoms with E-state index in [0.717, 1.165) is 0 Å². The number of aliphatic hydroxyl groups is 1. The highest BCUT2D eigenvalue weighted by Gasteiger charge is 2.14. The normalized spacial score (nSPS) is 14.1. The molecule has 0 amide bonds. The molecule has 0 aliphatic rings. The molecule has 1 rings (SSSR count). The van der Waals surface area contributed by atoms with Gasteiger partial charge in [0.2, 0.25) is 11.9 Å². The third-order valence-electron chi connectivity index (χ3n) is 2.68. The van der Waals surface area contributed by atoms with Gasteiger partial charge in [-0.3, -0.25) is 0 Å². The van der Waals surface area contributed by atoms with Gasteiger partial charge in [-0.25, -0.2) is 0 Å². The van der Waals surface area contributed by atoms with E-state index in [1.54, 1.807) is 7.05 Å². The van der Waals surface area contributed by atoms with E-state index >= 15 is 0 Å². The van der Waals surface area contributed by atoms with Crippen molar-refractivity contribution in [2.24, 2.45) is 5.92 Å². The summed E-state index contributed by atoms with van der Waals surface area (Å²) in [6.07, 6.45) is -0.00579. The van der Waals surface area contributed by atoms with E-state index in [2.05, 4.69) is 25.6 Å². The fourth-order valence-electron chi connectivity index (χ4n) is 1.30. The third kappa shape index (κ3) is 4.86. The van der Waals surface area contributed by atoms with E-state index in [4.69, 9.17) is 9.84 Å². The molecule has 1 heterocycles. The van der Waals surface area contributed by atoms with Crippen LogP contribution in [0.4, 0.5) is 11.9 Å². The summed E-state index contributed by atoms with van der Waals surface area (Å²) in [7, 11) is 1.73. The second-order valence-corrected chi connectivity index (χ2v) is 4.77. The molecule has 2 unspecified atom stereocenters. The zero-order valence-corrected chi connectivity index (χ0v) is 12.1. The molecule has 7 heteroatoms. The molecule has 0 saturated heterocycles. The summed E-state index contributed by atoms with van der Waals surface area (Å²) >= 11 is 0. The first-order chi connectivity index (χ1) is 8.96. The van der Waals surface area contributed by atoms with Gasteiger partial charge in [0, 0.05) is 19.7 Å². The fraction of sp³-hybridized carbons (Fsp3) is 0.750. The Morgan fingerprint density at radius 1 is 1.11 bits per heavy atom. The van der Waals surface area contributed by atoms with Crippen LogP contribution in [0, 0.1) is 5.92 Å². The summed E-state index contributed by atoms with van der Waals surface area (Å²) in [5.74, 6) is 0.976. The summed E-state index contributed by atoms with van der Waals surface area (Å²) in [5, 5.41) is 15.1. The van der Waals surface area contributed by atoms with Gasteiger partial charge in [0.1, 0.15) is 0 Å². The van der Waals surface area contributed by atoms with Crippen molar-refractivity contribution in [3.8, 4) is 6.01 Å². The van der Waals surface area contributed by atoms with Gasteiger partial charge in [-0.1, -0.05) is 6.92 Å². The molecule has 108 valence electrons. The molecule has 2 atom stereocenters. The summed E-state index contributed by atoms with van der Waals surface area (Å²) < 4.78 is 5.47. The number of aromatic nitrogens is 3. The van der Waals surface area contributed by atoms with Crippen LogP contribution in [0.1, 0.15) is 27.7 Å². The molecule has 1 aromatic rings. The average molecular weight is 269 g/mol. The smallest absolute Gasteiger partial charge is 0.323 e. The van der Waals surface area contributed by atoms with Gasteiger partial charge in [0.05, 0.1) is 6.10 Å². The number of hydrogen-bond acceptors (Lipinski definition) is 7. The van der Waals surface area contributed by atoms with E-state index < -0.39 is 0 Å². The lowest BCUT2D eigenvalue weighted by molar-refractivity contribution is 0.221. The van der Waals surface area contributed by atoms with Gasteiger partial charge < -0.3 is 20.5 Å². The summed E-state index contributed by atoms with van der Waals surface area (Å²) in [4.78, 5) is 12.5. The molecule has 0 bridgehead atoms. The maximum Gasteiger partial charge on any atom is 0.323 e. The maximum absolute atomic E-state index is 9.13. The molecular formula is C12H23N5O2. The first-order valence-electron chi connectivity index (χ1n) is 6.44. The van der Waals surface area contributed by atoms with Crippen molar-refractivity contribution >= 4 is 11.9 Å². The number of anilines is 2. The van der Waals surface area contributed by atoms with Gasteiger partial charge in [-0.05, 0) is 26.7 Å². The molecule has 0 spiro atoms. The molecule has 0 aliphatic heterocycles. The van der Waals surface area contributed by atoms with Gasteiger partial charge >= 0.3 is 6.01 Å². The van der Waals surface area contributed by atoms with Gasteiger partial charge in [0.15, 0.2) is 0 Å². The van der Waals surface area contributed by atoms with E-state index in [-0.39, 0.29) is 30.7 Å². The van der Waals surface area contributed by atoms with Crippen molar-refractivity contribution in [2.75, 3.05) is 24.3 Å². The van der Waals surface area contributed by atoms with Crippen LogP contribution in [0.5, 0.6) is 6.01 Å². The van der Waals surface area contributed by atoms with Gasteiger partial charge in [-0.2, -0.15) is 15.0 Å². The fourth-order valence-corrected chi connectivity index (χ4v) is 1.30. The lowest BCUT2D eigenvalue weighted by atomic mass is 10.1. The van der Waals surface area contributed by atoms with Crippen LogP contribution in [0.2, 0.25) is 0 Å². The standard InChI is InChI=1S/C12H23N5O2/c1-7(2)19-12-16-10(13-5)15-11(17-12)14-9(4)8(3)6-18/h7-9,18H,6H2,1-5H3,(H2,13,14,15,16,17). The lowest BCUT2D eigenvalue weighted by Crippen LogP contribution is -2.27. The van der Waals surface area contributed by atoms with Crippen LogP contribution < -0.4 is 15.4 Å². The van der Waals surface area contributed by atoms with Crippen molar-refractivity contribution in [3.05, 3.63) is 0 Å². The molecule has 19 heavy (non-hydrogen) atoms. The lowest BCUT2D eigenvalue weighted by Gasteiger charge is -2.19. The zero-order valence-electron chi connectivity index (χ0n) is 12.1. The minimum Gasteiger partial charge on any atom is -0.461 e. The minimum atomic E-state index is -0.00579. The summed E-state index contributed by atoms with van der Waals surface area (Å²) in [5.41, 5.74) is 0. The highest BCUT2D eigenvalue weighted by Crippen LogP contribution is 2.14. The Balaban J connectivity index is 2.87. The quantitative estimate of drug-likeness (QED) is 0.683. The monoisotopic (exact) mass is 269 g/mol. The summed E-state index contributed by atoms with van der Waals surface area (Å²) in [6, 6.07) is 0.324. The van der Waals surface area contributed by atoms with Crippen LogP contribution >= 0.6 is 0 Å². The van der Waals surface area contributed by atoms with E-state index in [0.29, 0.717) is 11.9 Å². The SMILES string of the molecule is CNc1nc(NC(C)C(C)CO)nc(OC(C)C)n1. The first kappa shape index (κ1) is 15.4. The molecule has 0 aromatic carbocycles. The van der Waals surface area contributed by atoms with Crippen molar-refractivity contribution in [2.45, 2.75) is 39.8 Å². The minimum absolute atomic E-state index is 0.00579. The molecule has 0 aliphatic carbocycles. The zero-order chi connectivity index (χ0) is 14.4.